The zero-order valence-electron chi connectivity index (χ0n) is 18.6. The van der Waals surface area contributed by atoms with Gasteiger partial charge in [-0.05, 0) is 65.2 Å². The molecule has 170 valence electrons. The van der Waals surface area contributed by atoms with E-state index in [0.29, 0.717) is 29.4 Å². The Bertz CT molecular complexity index is 1250. The van der Waals surface area contributed by atoms with Gasteiger partial charge in [-0.1, -0.05) is 65.3 Å². The Hall–Kier alpha value is -2.77. The molecular weight excluding hydrogens is 502 g/mol. The molecule has 0 aromatic heterocycles. The first-order valence-corrected chi connectivity index (χ1v) is 12.3. The molecule has 2 amide bonds. The second kappa shape index (κ2) is 10.0. The number of benzene rings is 3. The third-order valence-corrected chi connectivity index (χ3v) is 7.26. The highest BCUT2D eigenvalue weighted by Crippen LogP contribution is 2.39. The number of carbonyl (C=O) groups excluding carboxylic acids is 2. The van der Waals surface area contributed by atoms with Crippen LogP contribution in [0.1, 0.15) is 31.4 Å². The maximum Gasteiger partial charge on any atom is 0.293 e. The zero-order chi connectivity index (χ0) is 23.5. The number of halogens is 1. The van der Waals surface area contributed by atoms with Crippen molar-refractivity contribution < 1.29 is 19.1 Å². The first-order chi connectivity index (χ1) is 15.9. The average molecular weight is 526 g/mol. The van der Waals surface area contributed by atoms with Gasteiger partial charge in [0.2, 0.25) is 0 Å². The van der Waals surface area contributed by atoms with Crippen LogP contribution in [0.2, 0.25) is 0 Å². The van der Waals surface area contributed by atoms with Crippen LogP contribution in [-0.2, 0) is 11.4 Å². The van der Waals surface area contributed by atoms with Crippen molar-refractivity contribution in [1.29, 1.82) is 0 Å². The van der Waals surface area contributed by atoms with Gasteiger partial charge >= 0.3 is 0 Å². The summed E-state index contributed by atoms with van der Waals surface area (Å²) in [6.07, 6.45) is 2.43. The van der Waals surface area contributed by atoms with E-state index in [1.165, 1.54) is 4.90 Å². The third kappa shape index (κ3) is 4.80. The fourth-order valence-corrected chi connectivity index (χ4v) is 5.05. The van der Waals surface area contributed by atoms with Crippen molar-refractivity contribution in [3.63, 3.8) is 0 Å². The molecule has 1 saturated heterocycles. The molecule has 0 radical (unpaired) electrons. The second-order valence-electron chi connectivity index (χ2n) is 7.76. The highest BCUT2D eigenvalue weighted by molar-refractivity contribution is 9.10. The van der Waals surface area contributed by atoms with Gasteiger partial charge in [-0.25, -0.2) is 0 Å². The minimum atomic E-state index is -0.263. The molecular formula is C26H24BrNO4S. The predicted octanol–water partition coefficient (Wildman–Crippen LogP) is 7.02. The maximum atomic E-state index is 12.8. The van der Waals surface area contributed by atoms with Crippen LogP contribution in [0, 0.1) is 0 Å². The molecule has 1 aliphatic heterocycles. The molecule has 1 atom stereocenters. The standard InChI is InChI=1S/C26H24BrNO4S/c1-4-16(2)28-25(29)24(33-26(28)30)13-19-12-22(31-3)23(14-21(19)27)32-15-18-10-7-9-17-8-5-6-11-20(17)18/h5-14,16H,4,15H2,1-3H3/b24-13-/t16-/m1/s1. The summed E-state index contributed by atoms with van der Waals surface area (Å²) in [6.45, 7) is 4.22. The molecule has 3 aromatic rings. The van der Waals surface area contributed by atoms with Crippen molar-refractivity contribution in [3.8, 4) is 11.5 Å². The molecule has 0 spiro atoms. The number of hydrogen-bond donors (Lipinski definition) is 0. The van der Waals surface area contributed by atoms with Crippen molar-refractivity contribution in [3.05, 3.63) is 75.1 Å². The SMILES string of the molecule is CC[C@@H](C)N1C(=O)S/C(=C\c2cc(OC)c(OCc3cccc4ccccc34)cc2Br)C1=O. The molecule has 0 bridgehead atoms. The Balaban J connectivity index is 1.59. The summed E-state index contributed by atoms with van der Waals surface area (Å²) in [4.78, 5) is 26.8. The van der Waals surface area contributed by atoms with E-state index in [2.05, 4.69) is 34.1 Å². The lowest BCUT2D eigenvalue weighted by Gasteiger charge is -2.19. The van der Waals surface area contributed by atoms with Crippen LogP contribution in [0.25, 0.3) is 16.8 Å². The number of carbonyl (C=O) groups is 2. The lowest BCUT2D eigenvalue weighted by atomic mass is 10.1. The van der Waals surface area contributed by atoms with E-state index in [0.717, 1.165) is 38.1 Å². The van der Waals surface area contributed by atoms with Crippen LogP contribution < -0.4 is 9.47 Å². The van der Waals surface area contributed by atoms with Gasteiger partial charge in [-0.3, -0.25) is 14.5 Å². The highest BCUT2D eigenvalue weighted by atomic mass is 79.9. The molecule has 1 aliphatic rings. The van der Waals surface area contributed by atoms with Crippen LogP contribution in [0.4, 0.5) is 4.79 Å². The molecule has 33 heavy (non-hydrogen) atoms. The van der Waals surface area contributed by atoms with E-state index in [9.17, 15) is 9.59 Å². The number of thioether (sulfide) groups is 1. The molecule has 0 N–H and O–H groups in total. The first kappa shape index (κ1) is 23.4. The number of imide groups is 1. The number of amides is 2. The van der Waals surface area contributed by atoms with Crippen molar-refractivity contribution in [2.24, 2.45) is 0 Å². The fourth-order valence-electron chi connectivity index (χ4n) is 3.69. The van der Waals surface area contributed by atoms with Crippen LogP contribution in [-0.4, -0.2) is 29.2 Å². The number of ether oxygens (including phenoxy) is 2. The van der Waals surface area contributed by atoms with Crippen LogP contribution in [0.15, 0.2) is 64.0 Å². The monoisotopic (exact) mass is 525 g/mol. The molecule has 0 unspecified atom stereocenters. The predicted molar refractivity (Wildman–Crippen MR) is 137 cm³/mol. The summed E-state index contributed by atoms with van der Waals surface area (Å²) in [6, 6.07) is 17.8. The van der Waals surface area contributed by atoms with Gasteiger partial charge in [0.15, 0.2) is 11.5 Å². The Morgan fingerprint density at radius 1 is 1.09 bits per heavy atom. The summed E-state index contributed by atoms with van der Waals surface area (Å²) in [7, 11) is 1.58. The number of nitrogens with zero attached hydrogens (tertiary/aromatic N) is 1. The number of methoxy groups -OCH3 is 1. The van der Waals surface area contributed by atoms with Gasteiger partial charge in [0.05, 0.1) is 12.0 Å². The Morgan fingerprint density at radius 3 is 2.61 bits per heavy atom. The molecule has 3 aromatic carbocycles. The van der Waals surface area contributed by atoms with Crippen molar-refractivity contribution in [2.75, 3.05) is 7.11 Å². The third-order valence-electron chi connectivity index (χ3n) is 5.69. The molecule has 0 saturated carbocycles. The number of hydrogen-bond acceptors (Lipinski definition) is 5. The first-order valence-electron chi connectivity index (χ1n) is 10.7. The van der Waals surface area contributed by atoms with Gasteiger partial charge in [0.1, 0.15) is 6.61 Å². The van der Waals surface area contributed by atoms with E-state index < -0.39 is 0 Å². The van der Waals surface area contributed by atoms with Crippen molar-refractivity contribution >= 4 is 55.7 Å². The summed E-state index contributed by atoms with van der Waals surface area (Å²) in [5.74, 6) is 0.870. The topological polar surface area (TPSA) is 55.8 Å². The van der Waals surface area contributed by atoms with Crippen LogP contribution >= 0.6 is 27.7 Å². The van der Waals surface area contributed by atoms with Gasteiger partial charge in [0, 0.05) is 10.5 Å². The maximum absolute atomic E-state index is 12.8. The molecule has 7 heteroatoms. The Kier molecular flexibility index (Phi) is 7.10. The molecule has 1 fully saturated rings. The Labute approximate surface area is 205 Å². The number of fused-ring (bicyclic) bond motifs is 1. The van der Waals surface area contributed by atoms with Crippen LogP contribution in [0.3, 0.4) is 0 Å². The van der Waals surface area contributed by atoms with E-state index in [-0.39, 0.29) is 17.2 Å². The van der Waals surface area contributed by atoms with Gasteiger partial charge < -0.3 is 9.47 Å². The minimum absolute atomic E-state index is 0.133. The van der Waals surface area contributed by atoms with Crippen LogP contribution in [0.5, 0.6) is 11.5 Å². The van der Waals surface area contributed by atoms with E-state index >= 15 is 0 Å². The molecule has 4 rings (SSSR count). The molecule has 1 heterocycles. The second-order valence-corrected chi connectivity index (χ2v) is 9.61. The minimum Gasteiger partial charge on any atom is -0.493 e. The smallest absolute Gasteiger partial charge is 0.293 e. The van der Waals surface area contributed by atoms with E-state index in [4.69, 9.17) is 9.47 Å². The lowest BCUT2D eigenvalue weighted by Crippen LogP contribution is -2.36. The summed E-state index contributed by atoms with van der Waals surface area (Å²) in [5.41, 5.74) is 1.81. The van der Waals surface area contributed by atoms with Crippen molar-refractivity contribution in [2.45, 2.75) is 32.9 Å². The van der Waals surface area contributed by atoms with E-state index in [1.54, 1.807) is 19.3 Å². The quantitative estimate of drug-likeness (QED) is 0.310. The summed E-state index contributed by atoms with van der Waals surface area (Å²) in [5, 5.41) is 2.07. The largest absolute Gasteiger partial charge is 0.493 e. The lowest BCUT2D eigenvalue weighted by molar-refractivity contribution is -0.124. The fraction of sp³-hybridized carbons (Fsp3) is 0.231. The summed E-state index contributed by atoms with van der Waals surface area (Å²) >= 11 is 4.54. The zero-order valence-corrected chi connectivity index (χ0v) is 21.0. The number of rotatable bonds is 7. The molecule has 5 nitrogen and oxygen atoms in total. The molecule has 0 aliphatic carbocycles. The van der Waals surface area contributed by atoms with Gasteiger partial charge in [-0.2, -0.15) is 0 Å². The highest BCUT2D eigenvalue weighted by Gasteiger charge is 2.37. The van der Waals surface area contributed by atoms with Gasteiger partial charge in [-0.15, -0.1) is 0 Å². The van der Waals surface area contributed by atoms with E-state index in [1.807, 2.05) is 44.2 Å². The van der Waals surface area contributed by atoms with Gasteiger partial charge in [0.25, 0.3) is 11.1 Å². The average Bonchev–Trinajstić information content (AvgIpc) is 3.11. The van der Waals surface area contributed by atoms with Crippen molar-refractivity contribution in [1.82, 2.24) is 4.90 Å². The normalized spacial score (nSPS) is 16.0. The Morgan fingerprint density at radius 2 is 1.85 bits per heavy atom. The summed E-state index contributed by atoms with van der Waals surface area (Å²) < 4.78 is 12.4.